The lowest BCUT2D eigenvalue weighted by molar-refractivity contribution is -0.142. The maximum atomic E-state index is 12.8. The van der Waals surface area contributed by atoms with E-state index in [0.29, 0.717) is 6.42 Å². The highest BCUT2D eigenvalue weighted by molar-refractivity contribution is 5.71. The highest BCUT2D eigenvalue weighted by Crippen LogP contribution is 2.04. The van der Waals surface area contributed by atoms with E-state index in [-0.39, 0.29) is 24.9 Å². The highest BCUT2D eigenvalue weighted by atomic mass is 19.1. The molecule has 1 rings (SSSR count). The van der Waals surface area contributed by atoms with E-state index in [9.17, 15) is 9.18 Å². The Balaban J connectivity index is 2.28. The zero-order valence-corrected chi connectivity index (χ0v) is 8.63. The van der Waals surface area contributed by atoms with Gasteiger partial charge in [0.2, 0.25) is 0 Å². The number of nitrogens with one attached hydrogen (secondary N) is 1. The van der Waals surface area contributed by atoms with Gasteiger partial charge in [-0.2, -0.15) is 0 Å². The molecule has 0 atom stereocenters. The average Bonchev–Trinajstić information content (AvgIpc) is 2.18. The molecule has 0 saturated heterocycles. The Morgan fingerprint density at radius 3 is 3.00 bits per heavy atom. The number of benzene rings is 1. The third kappa shape index (κ3) is 4.56. The van der Waals surface area contributed by atoms with Crippen molar-refractivity contribution in [3.05, 3.63) is 35.6 Å². The first-order valence-corrected chi connectivity index (χ1v) is 4.77. The second kappa shape index (κ2) is 6.14. The molecule has 0 aromatic heterocycles. The molecule has 0 amide bonds. The molecule has 4 heteroatoms. The first-order chi connectivity index (χ1) is 7.22. The molecule has 0 aliphatic rings. The summed E-state index contributed by atoms with van der Waals surface area (Å²) in [7, 11) is 1.67. The monoisotopic (exact) mass is 211 g/mol. The molecule has 3 nitrogen and oxygen atoms in total. The van der Waals surface area contributed by atoms with E-state index < -0.39 is 0 Å². The Bertz CT molecular complexity index is 328. The van der Waals surface area contributed by atoms with E-state index in [1.807, 2.05) is 0 Å². The van der Waals surface area contributed by atoms with Gasteiger partial charge >= 0.3 is 5.97 Å². The molecule has 82 valence electrons. The molecule has 0 aliphatic carbocycles. The maximum absolute atomic E-state index is 12.8. The molecule has 0 bridgehead atoms. The predicted octanol–water partition coefficient (Wildman–Crippen LogP) is 1.13. The SMILES string of the molecule is CNCC(=O)OCCc1cccc(F)c1. The second-order valence-corrected chi connectivity index (χ2v) is 3.13. The van der Waals surface area contributed by atoms with Gasteiger partial charge in [0, 0.05) is 6.42 Å². The maximum Gasteiger partial charge on any atom is 0.319 e. The van der Waals surface area contributed by atoms with Gasteiger partial charge in [0.15, 0.2) is 0 Å². The van der Waals surface area contributed by atoms with Crippen LogP contribution in [0.25, 0.3) is 0 Å². The van der Waals surface area contributed by atoms with Crippen LogP contribution in [0.1, 0.15) is 5.56 Å². The fourth-order valence-electron chi connectivity index (χ4n) is 1.17. The minimum Gasteiger partial charge on any atom is -0.464 e. The summed E-state index contributed by atoms with van der Waals surface area (Å²) in [6.07, 6.45) is 0.535. The van der Waals surface area contributed by atoms with Crippen LogP contribution in [0, 0.1) is 5.82 Å². The summed E-state index contributed by atoms with van der Waals surface area (Å²) in [4.78, 5) is 10.9. The Labute approximate surface area is 88.2 Å². The van der Waals surface area contributed by atoms with E-state index >= 15 is 0 Å². The number of halogens is 1. The highest BCUT2D eigenvalue weighted by Gasteiger charge is 2.00. The largest absolute Gasteiger partial charge is 0.464 e. The lowest BCUT2D eigenvalue weighted by atomic mass is 10.2. The fourth-order valence-corrected chi connectivity index (χ4v) is 1.17. The van der Waals surface area contributed by atoms with Gasteiger partial charge in [0.1, 0.15) is 5.82 Å². The summed E-state index contributed by atoms with van der Waals surface area (Å²) < 4.78 is 17.7. The number of likely N-dealkylation sites (N-methyl/N-ethyl adjacent to an activating group) is 1. The van der Waals surface area contributed by atoms with Crippen molar-refractivity contribution in [1.29, 1.82) is 0 Å². The van der Waals surface area contributed by atoms with Crippen molar-refractivity contribution in [2.24, 2.45) is 0 Å². The van der Waals surface area contributed by atoms with Crippen LogP contribution in [-0.2, 0) is 16.0 Å². The third-order valence-electron chi connectivity index (χ3n) is 1.86. The Kier molecular flexibility index (Phi) is 4.77. The zero-order chi connectivity index (χ0) is 11.1. The number of esters is 1. The molecule has 1 aromatic rings. The lowest BCUT2D eigenvalue weighted by Crippen LogP contribution is -2.21. The molecule has 1 N–H and O–H groups in total. The van der Waals surface area contributed by atoms with Crippen molar-refractivity contribution in [3.63, 3.8) is 0 Å². The van der Waals surface area contributed by atoms with Crippen LogP contribution < -0.4 is 5.32 Å². The van der Waals surface area contributed by atoms with Gasteiger partial charge in [-0.15, -0.1) is 0 Å². The first-order valence-electron chi connectivity index (χ1n) is 4.77. The number of rotatable bonds is 5. The van der Waals surface area contributed by atoms with Crippen LogP contribution in [0.4, 0.5) is 4.39 Å². The zero-order valence-electron chi connectivity index (χ0n) is 8.63. The minimum atomic E-state index is -0.297. The van der Waals surface area contributed by atoms with Gasteiger partial charge in [-0.1, -0.05) is 12.1 Å². The fraction of sp³-hybridized carbons (Fsp3) is 0.364. The van der Waals surface area contributed by atoms with Gasteiger partial charge in [0.05, 0.1) is 13.2 Å². The van der Waals surface area contributed by atoms with E-state index in [0.717, 1.165) is 5.56 Å². The minimum absolute atomic E-state index is 0.198. The van der Waals surface area contributed by atoms with Crippen molar-refractivity contribution in [1.82, 2.24) is 5.32 Å². The molecule has 0 aliphatic heterocycles. The predicted molar refractivity (Wildman–Crippen MR) is 55.0 cm³/mol. The summed E-state index contributed by atoms with van der Waals surface area (Å²) in [6.45, 7) is 0.479. The molecular formula is C11H14FNO2. The average molecular weight is 211 g/mol. The van der Waals surface area contributed by atoms with Crippen LogP contribution in [0.5, 0.6) is 0 Å². The topological polar surface area (TPSA) is 38.3 Å². The summed E-state index contributed by atoms with van der Waals surface area (Å²) in [5.41, 5.74) is 0.826. The Morgan fingerprint density at radius 2 is 2.33 bits per heavy atom. The molecule has 15 heavy (non-hydrogen) atoms. The van der Waals surface area contributed by atoms with E-state index in [4.69, 9.17) is 4.74 Å². The van der Waals surface area contributed by atoms with Crippen molar-refractivity contribution in [3.8, 4) is 0 Å². The number of hydrogen-bond acceptors (Lipinski definition) is 3. The van der Waals surface area contributed by atoms with Gasteiger partial charge in [-0.25, -0.2) is 4.39 Å². The third-order valence-corrected chi connectivity index (χ3v) is 1.86. The number of carbonyl (C=O) groups is 1. The molecule has 0 fully saturated rings. The van der Waals surface area contributed by atoms with Gasteiger partial charge in [-0.3, -0.25) is 4.79 Å². The summed E-state index contributed by atoms with van der Waals surface area (Å²) >= 11 is 0. The normalized spacial score (nSPS) is 10.0. The summed E-state index contributed by atoms with van der Waals surface area (Å²) in [5, 5.41) is 2.69. The Morgan fingerprint density at radius 1 is 1.53 bits per heavy atom. The molecule has 0 heterocycles. The molecule has 1 aromatic carbocycles. The van der Waals surface area contributed by atoms with Crippen molar-refractivity contribution in [2.45, 2.75) is 6.42 Å². The van der Waals surface area contributed by atoms with Crippen molar-refractivity contribution in [2.75, 3.05) is 20.2 Å². The second-order valence-electron chi connectivity index (χ2n) is 3.13. The van der Waals surface area contributed by atoms with Gasteiger partial charge in [-0.05, 0) is 24.7 Å². The van der Waals surface area contributed by atoms with Crippen LogP contribution in [0.2, 0.25) is 0 Å². The smallest absolute Gasteiger partial charge is 0.319 e. The summed E-state index contributed by atoms with van der Waals surface area (Å²) in [5.74, 6) is -0.567. The van der Waals surface area contributed by atoms with E-state index in [1.54, 1.807) is 19.2 Å². The lowest BCUT2D eigenvalue weighted by Gasteiger charge is -2.04. The number of carbonyl (C=O) groups excluding carboxylic acids is 1. The Hall–Kier alpha value is -1.42. The quantitative estimate of drug-likeness (QED) is 0.742. The number of ether oxygens (including phenoxy) is 1. The molecule has 0 unspecified atom stereocenters. The molecule has 0 saturated carbocycles. The van der Waals surface area contributed by atoms with Crippen LogP contribution >= 0.6 is 0 Å². The van der Waals surface area contributed by atoms with Crippen molar-refractivity contribution >= 4 is 5.97 Å². The van der Waals surface area contributed by atoms with Gasteiger partial charge < -0.3 is 10.1 Å². The van der Waals surface area contributed by atoms with Crippen LogP contribution in [0.3, 0.4) is 0 Å². The number of hydrogen-bond donors (Lipinski definition) is 1. The standard InChI is InChI=1S/C11H14FNO2/c1-13-8-11(14)15-6-5-9-3-2-4-10(12)7-9/h2-4,7,13H,5-6,8H2,1H3. The van der Waals surface area contributed by atoms with Crippen molar-refractivity contribution < 1.29 is 13.9 Å². The molecular weight excluding hydrogens is 197 g/mol. The molecule has 0 spiro atoms. The molecule has 0 radical (unpaired) electrons. The summed E-state index contributed by atoms with van der Waals surface area (Å²) in [6, 6.07) is 6.26. The van der Waals surface area contributed by atoms with E-state index in [1.165, 1.54) is 12.1 Å². The van der Waals surface area contributed by atoms with E-state index in [2.05, 4.69) is 5.32 Å². The first kappa shape index (κ1) is 11.7. The van der Waals surface area contributed by atoms with Crippen LogP contribution in [0.15, 0.2) is 24.3 Å². The van der Waals surface area contributed by atoms with Gasteiger partial charge in [0.25, 0.3) is 0 Å². The van der Waals surface area contributed by atoms with Crippen LogP contribution in [-0.4, -0.2) is 26.2 Å².